The van der Waals surface area contributed by atoms with Crippen LogP contribution in [0.5, 0.6) is 0 Å². The molecule has 0 saturated heterocycles. The zero-order valence-corrected chi connectivity index (χ0v) is 7.06. The molecule has 2 radical (unpaired) electrons. The van der Waals surface area contributed by atoms with E-state index in [-0.39, 0.29) is 5.69 Å². The summed E-state index contributed by atoms with van der Waals surface area (Å²) in [6.45, 7) is 0. The van der Waals surface area contributed by atoms with Gasteiger partial charge < -0.3 is 0 Å². The summed E-state index contributed by atoms with van der Waals surface area (Å²) in [7, 11) is -4.36. The third-order valence-electron chi connectivity index (χ3n) is 1.33. The van der Waals surface area contributed by atoms with Gasteiger partial charge >= 0.3 is 0 Å². The van der Waals surface area contributed by atoms with E-state index in [0.29, 0.717) is 0 Å². The number of non-ortho nitro benzene ring substituents is 1. The number of nitro groups is 1. The fourth-order valence-corrected chi connectivity index (χ4v) is 1.28. The number of hydrogen-bond donors (Lipinski definition) is 0. The Morgan fingerprint density at radius 2 is 2.00 bits per heavy atom. The third-order valence-corrected chi connectivity index (χ3v) is 2.18. The minimum atomic E-state index is -4.36. The van der Waals surface area contributed by atoms with Crippen LogP contribution in [0.15, 0.2) is 29.2 Å². The summed E-state index contributed by atoms with van der Waals surface area (Å²) in [4.78, 5) is 8.98. The van der Waals surface area contributed by atoms with Gasteiger partial charge in [0.1, 0.15) is 0 Å². The first-order valence-electron chi connectivity index (χ1n) is 3.13. The Bertz CT molecular complexity index is 440. The third kappa shape index (κ3) is 2.23. The molecule has 0 saturated carbocycles. The predicted molar refractivity (Wildman–Crippen MR) is 42.4 cm³/mol. The van der Waals surface area contributed by atoms with Crippen LogP contribution < -0.4 is 5.14 Å². The zero-order valence-electron chi connectivity index (χ0n) is 6.25. The van der Waals surface area contributed by atoms with E-state index >= 15 is 0 Å². The molecule has 13 heavy (non-hydrogen) atoms. The molecule has 0 aromatic heterocycles. The molecule has 6 nitrogen and oxygen atoms in total. The molecule has 0 aliphatic rings. The molecule has 0 fully saturated rings. The van der Waals surface area contributed by atoms with Crippen molar-refractivity contribution in [3.8, 4) is 0 Å². The van der Waals surface area contributed by atoms with Gasteiger partial charge in [-0.2, -0.15) is 0 Å². The van der Waals surface area contributed by atoms with E-state index in [1.54, 1.807) is 0 Å². The van der Waals surface area contributed by atoms with Crippen LogP contribution in [-0.2, 0) is 10.0 Å². The number of rotatable bonds is 2. The lowest BCUT2D eigenvalue weighted by Crippen LogP contribution is -2.01. The van der Waals surface area contributed by atoms with Crippen LogP contribution in [-0.4, -0.2) is 13.3 Å². The summed E-state index contributed by atoms with van der Waals surface area (Å²) in [6, 6.07) is 4.17. The summed E-state index contributed by atoms with van der Waals surface area (Å²) >= 11 is 0. The number of sulfonamides is 1. The molecule has 0 spiro atoms. The summed E-state index contributed by atoms with van der Waals surface area (Å²) < 4.78 is 21.1. The second kappa shape index (κ2) is 3.11. The Hall–Kier alpha value is -1.47. The lowest BCUT2D eigenvalue weighted by atomic mass is 10.3. The molecule has 0 atom stereocenters. The van der Waals surface area contributed by atoms with E-state index in [1.807, 2.05) is 0 Å². The van der Waals surface area contributed by atoms with Crippen molar-refractivity contribution in [3.63, 3.8) is 0 Å². The summed E-state index contributed by atoms with van der Waals surface area (Å²) in [5, 5.41) is 18.8. The van der Waals surface area contributed by atoms with Crippen molar-refractivity contribution in [2.75, 3.05) is 0 Å². The lowest BCUT2D eigenvalue weighted by molar-refractivity contribution is -0.385. The molecule has 1 rings (SSSR count). The maximum absolute atomic E-state index is 10.5. The van der Waals surface area contributed by atoms with Gasteiger partial charge in [-0.25, -0.2) is 8.42 Å². The van der Waals surface area contributed by atoms with Crippen molar-refractivity contribution < 1.29 is 13.3 Å². The smallest absolute Gasteiger partial charge is 0.258 e. The summed E-state index contributed by atoms with van der Waals surface area (Å²) in [5.41, 5.74) is -0.380. The minimum Gasteiger partial charge on any atom is -0.258 e. The summed E-state index contributed by atoms with van der Waals surface area (Å²) in [5.74, 6) is 0. The predicted octanol–water partition coefficient (Wildman–Crippen LogP) is 0.352. The average Bonchev–Trinajstić information content (AvgIpc) is 2.03. The van der Waals surface area contributed by atoms with Crippen LogP contribution in [0.2, 0.25) is 0 Å². The van der Waals surface area contributed by atoms with Gasteiger partial charge in [0.15, 0.2) is 0 Å². The number of benzene rings is 1. The van der Waals surface area contributed by atoms with Crippen molar-refractivity contribution >= 4 is 15.7 Å². The fourth-order valence-electron chi connectivity index (χ4n) is 0.758. The molecule has 0 heterocycles. The molecular formula is C6H4N2O4S. The topological polar surface area (TPSA) is 99.6 Å². The van der Waals surface area contributed by atoms with E-state index in [9.17, 15) is 18.5 Å². The molecule has 7 heteroatoms. The number of hydrogen-bond acceptors (Lipinski definition) is 4. The van der Waals surface area contributed by atoms with E-state index in [0.717, 1.165) is 18.2 Å². The van der Waals surface area contributed by atoms with Gasteiger partial charge in [-0.1, -0.05) is 6.07 Å². The van der Waals surface area contributed by atoms with E-state index in [1.165, 1.54) is 6.07 Å². The highest BCUT2D eigenvalue weighted by Gasteiger charge is 2.14. The van der Waals surface area contributed by atoms with Crippen LogP contribution in [0.4, 0.5) is 5.69 Å². The van der Waals surface area contributed by atoms with Crippen molar-refractivity contribution in [3.05, 3.63) is 34.4 Å². The van der Waals surface area contributed by atoms with Gasteiger partial charge in [0, 0.05) is 17.3 Å². The van der Waals surface area contributed by atoms with Gasteiger partial charge in [-0.05, 0) is 6.07 Å². The normalized spacial score (nSPS) is 11.2. The van der Waals surface area contributed by atoms with E-state index in [2.05, 4.69) is 0 Å². The molecule has 0 unspecified atom stereocenters. The Balaban J connectivity index is 3.29. The lowest BCUT2D eigenvalue weighted by Gasteiger charge is -1.94. The molecule has 0 amide bonds. The molecule has 1 aromatic rings. The monoisotopic (exact) mass is 200 g/mol. The van der Waals surface area contributed by atoms with Crippen LogP contribution in [0.1, 0.15) is 0 Å². The van der Waals surface area contributed by atoms with Gasteiger partial charge in [0.2, 0.25) is 0 Å². The molecular weight excluding hydrogens is 196 g/mol. The van der Waals surface area contributed by atoms with E-state index < -0.39 is 19.8 Å². The second-order valence-electron chi connectivity index (χ2n) is 2.23. The number of nitro benzene ring substituents is 1. The van der Waals surface area contributed by atoms with Crippen molar-refractivity contribution in [1.82, 2.24) is 5.14 Å². The highest BCUT2D eigenvalue weighted by Crippen LogP contribution is 2.16. The molecule has 0 aliphatic heterocycles. The van der Waals surface area contributed by atoms with Crippen LogP contribution in [0, 0.1) is 10.1 Å². The minimum absolute atomic E-state index is 0.380. The van der Waals surface area contributed by atoms with Gasteiger partial charge in [-0.15, -0.1) is 0 Å². The molecule has 0 N–H and O–H groups in total. The van der Waals surface area contributed by atoms with Gasteiger partial charge in [-0.3, -0.25) is 10.1 Å². The van der Waals surface area contributed by atoms with Gasteiger partial charge in [0.05, 0.1) is 9.82 Å². The van der Waals surface area contributed by atoms with E-state index in [4.69, 9.17) is 5.14 Å². The Kier molecular flexibility index (Phi) is 2.30. The second-order valence-corrected chi connectivity index (χ2v) is 3.65. The molecule has 68 valence electrons. The van der Waals surface area contributed by atoms with Crippen molar-refractivity contribution in [2.45, 2.75) is 4.90 Å². The van der Waals surface area contributed by atoms with Crippen molar-refractivity contribution in [1.29, 1.82) is 0 Å². The Morgan fingerprint density at radius 1 is 1.38 bits per heavy atom. The highest BCUT2D eigenvalue weighted by atomic mass is 32.2. The largest absolute Gasteiger partial charge is 0.274 e. The molecule has 1 aromatic carbocycles. The van der Waals surface area contributed by atoms with Crippen molar-refractivity contribution in [2.24, 2.45) is 0 Å². The Morgan fingerprint density at radius 3 is 2.46 bits per heavy atom. The first-order valence-corrected chi connectivity index (χ1v) is 4.57. The molecule has 0 aliphatic carbocycles. The standard InChI is InChI=1S/C6H4N2O4S/c7-13(11,12)6-3-1-2-5(4-6)8(9)10/h1-4H. The van der Waals surface area contributed by atoms with Gasteiger partial charge in [0.25, 0.3) is 15.7 Å². The maximum Gasteiger partial charge on any atom is 0.274 e. The maximum atomic E-state index is 10.5. The van der Waals surface area contributed by atoms with Crippen LogP contribution >= 0.6 is 0 Å². The highest BCUT2D eigenvalue weighted by molar-refractivity contribution is 7.88. The zero-order chi connectivity index (χ0) is 10.1. The summed E-state index contributed by atoms with van der Waals surface area (Å²) in [6.07, 6.45) is 0. The first kappa shape index (κ1) is 9.62. The van der Waals surface area contributed by atoms with Crippen LogP contribution in [0.25, 0.3) is 0 Å². The van der Waals surface area contributed by atoms with Crippen LogP contribution in [0.3, 0.4) is 0 Å². The fraction of sp³-hybridized carbons (Fsp3) is 0. The quantitative estimate of drug-likeness (QED) is 0.507. The number of nitrogens with zero attached hydrogens (tertiary/aromatic N) is 2. The average molecular weight is 200 g/mol. The SMILES string of the molecule is [N]S(=O)(=O)c1cccc([N+](=O)[O-])c1. The first-order chi connectivity index (χ1) is 5.91. The Labute approximate surface area is 74.2 Å². The molecule has 0 bridgehead atoms.